The van der Waals surface area contributed by atoms with Gasteiger partial charge in [0.05, 0.1) is 5.75 Å². The van der Waals surface area contributed by atoms with Gasteiger partial charge in [0.15, 0.2) is 0 Å². The summed E-state index contributed by atoms with van der Waals surface area (Å²) in [4.78, 5) is 13.5. The number of nitrogens with one attached hydrogen (secondary N) is 1. The van der Waals surface area contributed by atoms with Crippen LogP contribution < -0.4 is 5.32 Å². The molecule has 0 unspecified atom stereocenters. The Kier molecular flexibility index (Phi) is 5.34. The Labute approximate surface area is 146 Å². The Morgan fingerprint density at radius 1 is 0.875 bits per heavy atom. The smallest absolute Gasteiger partial charge is 0.234 e. The Morgan fingerprint density at radius 3 is 2.33 bits per heavy atom. The largest absolute Gasteiger partial charge is 0.325 e. The van der Waals surface area contributed by atoms with Crippen LogP contribution in [0.25, 0.3) is 11.1 Å². The second kappa shape index (κ2) is 7.84. The number of rotatable bonds is 5. The quantitative estimate of drug-likeness (QED) is 0.634. The van der Waals surface area contributed by atoms with Crippen molar-refractivity contribution < 1.29 is 4.79 Å². The predicted molar refractivity (Wildman–Crippen MR) is 102 cm³/mol. The van der Waals surface area contributed by atoms with Crippen molar-refractivity contribution in [2.45, 2.75) is 11.8 Å². The van der Waals surface area contributed by atoms with Gasteiger partial charge in [-0.05, 0) is 30.2 Å². The van der Waals surface area contributed by atoms with Crippen LogP contribution in [-0.4, -0.2) is 11.7 Å². The third-order valence-electron chi connectivity index (χ3n) is 3.74. The summed E-state index contributed by atoms with van der Waals surface area (Å²) in [6, 6.07) is 26.1. The van der Waals surface area contributed by atoms with Crippen LogP contribution in [0.4, 0.5) is 5.69 Å². The molecule has 2 nitrogen and oxygen atoms in total. The van der Waals surface area contributed by atoms with Crippen LogP contribution in [0.5, 0.6) is 0 Å². The van der Waals surface area contributed by atoms with E-state index in [9.17, 15) is 4.79 Å². The number of benzene rings is 3. The van der Waals surface area contributed by atoms with Crippen LogP contribution in [0.15, 0.2) is 83.8 Å². The lowest BCUT2D eigenvalue weighted by Gasteiger charge is -2.11. The van der Waals surface area contributed by atoms with Gasteiger partial charge in [-0.15, -0.1) is 11.8 Å². The molecule has 0 radical (unpaired) electrons. The van der Waals surface area contributed by atoms with Crippen molar-refractivity contribution in [3.8, 4) is 11.1 Å². The van der Waals surface area contributed by atoms with Crippen LogP contribution in [0.1, 0.15) is 5.56 Å². The van der Waals surface area contributed by atoms with Gasteiger partial charge in [0.25, 0.3) is 0 Å². The van der Waals surface area contributed by atoms with E-state index in [1.54, 1.807) is 11.8 Å². The first-order valence-electron chi connectivity index (χ1n) is 7.87. The lowest BCUT2D eigenvalue weighted by molar-refractivity contribution is -0.113. The third kappa shape index (κ3) is 4.06. The van der Waals surface area contributed by atoms with Gasteiger partial charge < -0.3 is 5.32 Å². The minimum Gasteiger partial charge on any atom is -0.325 e. The van der Waals surface area contributed by atoms with Crippen molar-refractivity contribution in [3.63, 3.8) is 0 Å². The maximum absolute atomic E-state index is 12.3. The zero-order valence-corrected chi connectivity index (χ0v) is 14.3. The van der Waals surface area contributed by atoms with Crippen molar-refractivity contribution in [2.24, 2.45) is 0 Å². The Morgan fingerprint density at radius 2 is 1.54 bits per heavy atom. The molecule has 0 fully saturated rings. The molecule has 0 heterocycles. The van der Waals surface area contributed by atoms with E-state index < -0.39 is 0 Å². The normalized spacial score (nSPS) is 10.4. The first-order valence-corrected chi connectivity index (χ1v) is 8.85. The monoisotopic (exact) mass is 333 g/mol. The molecule has 120 valence electrons. The van der Waals surface area contributed by atoms with Crippen molar-refractivity contribution in [1.82, 2.24) is 0 Å². The molecule has 0 spiro atoms. The molecule has 1 amide bonds. The molecule has 3 aromatic rings. The number of carbonyl (C=O) groups excluding carboxylic acids is 1. The summed E-state index contributed by atoms with van der Waals surface area (Å²) >= 11 is 1.56. The summed E-state index contributed by atoms with van der Waals surface area (Å²) in [5.41, 5.74) is 4.17. The van der Waals surface area contributed by atoms with E-state index in [0.717, 1.165) is 21.7 Å². The molecule has 24 heavy (non-hydrogen) atoms. The molecule has 0 atom stereocenters. The van der Waals surface area contributed by atoms with Gasteiger partial charge >= 0.3 is 0 Å². The topological polar surface area (TPSA) is 29.1 Å². The highest BCUT2D eigenvalue weighted by Gasteiger charge is 2.09. The highest BCUT2D eigenvalue weighted by molar-refractivity contribution is 8.00. The standard InChI is InChI=1S/C21H19NOS/c1-16-9-5-8-14-20(16)24-15-21(23)22-19-13-7-6-12-18(19)17-10-3-2-4-11-17/h2-14H,15H2,1H3,(H,22,23). The fraction of sp³-hybridized carbons (Fsp3) is 0.0952. The number of carbonyl (C=O) groups is 1. The van der Waals surface area contributed by atoms with Crippen molar-refractivity contribution in [1.29, 1.82) is 0 Å². The van der Waals surface area contributed by atoms with E-state index in [0.29, 0.717) is 5.75 Å². The van der Waals surface area contributed by atoms with Gasteiger partial charge in [-0.2, -0.15) is 0 Å². The van der Waals surface area contributed by atoms with E-state index >= 15 is 0 Å². The van der Waals surface area contributed by atoms with Crippen molar-refractivity contribution in [3.05, 3.63) is 84.4 Å². The van der Waals surface area contributed by atoms with E-state index in [4.69, 9.17) is 0 Å². The van der Waals surface area contributed by atoms with E-state index in [-0.39, 0.29) is 5.91 Å². The Balaban J connectivity index is 1.70. The molecule has 0 aliphatic carbocycles. The third-order valence-corrected chi connectivity index (χ3v) is 4.91. The summed E-state index contributed by atoms with van der Waals surface area (Å²) in [5.74, 6) is 0.403. The number of hydrogen-bond acceptors (Lipinski definition) is 2. The van der Waals surface area contributed by atoms with Gasteiger partial charge in [-0.1, -0.05) is 66.7 Å². The molecular weight excluding hydrogens is 314 g/mol. The lowest BCUT2D eigenvalue weighted by Crippen LogP contribution is -2.14. The second-order valence-corrected chi connectivity index (χ2v) is 6.53. The number of para-hydroxylation sites is 1. The molecule has 0 saturated heterocycles. The fourth-order valence-corrected chi connectivity index (χ4v) is 3.34. The highest BCUT2D eigenvalue weighted by atomic mass is 32.2. The minimum atomic E-state index is 0.00614. The van der Waals surface area contributed by atoms with Crippen LogP contribution in [-0.2, 0) is 4.79 Å². The van der Waals surface area contributed by atoms with Crippen molar-refractivity contribution in [2.75, 3.05) is 11.1 Å². The summed E-state index contributed by atoms with van der Waals surface area (Å²) in [6.45, 7) is 2.06. The first-order chi connectivity index (χ1) is 11.7. The number of thioether (sulfide) groups is 1. The van der Waals surface area contributed by atoms with Crippen LogP contribution in [0, 0.1) is 6.92 Å². The zero-order chi connectivity index (χ0) is 16.8. The average molecular weight is 333 g/mol. The molecule has 3 aromatic carbocycles. The summed E-state index contributed by atoms with van der Waals surface area (Å²) in [7, 11) is 0. The van der Waals surface area contributed by atoms with E-state index in [1.807, 2.05) is 72.8 Å². The SMILES string of the molecule is Cc1ccccc1SCC(=O)Nc1ccccc1-c1ccccc1. The van der Waals surface area contributed by atoms with Crippen LogP contribution in [0.2, 0.25) is 0 Å². The molecule has 0 bridgehead atoms. The van der Waals surface area contributed by atoms with Crippen LogP contribution in [0.3, 0.4) is 0 Å². The zero-order valence-electron chi connectivity index (χ0n) is 13.5. The first kappa shape index (κ1) is 16.3. The molecule has 0 aliphatic heterocycles. The minimum absolute atomic E-state index is 0.00614. The molecule has 0 saturated carbocycles. The van der Waals surface area contributed by atoms with Crippen LogP contribution >= 0.6 is 11.8 Å². The summed E-state index contributed by atoms with van der Waals surface area (Å²) < 4.78 is 0. The summed E-state index contributed by atoms with van der Waals surface area (Å²) in [6.07, 6.45) is 0. The lowest BCUT2D eigenvalue weighted by atomic mass is 10.0. The van der Waals surface area contributed by atoms with Gasteiger partial charge in [0.2, 0.25) is 5.91 Å². The van der Waals surface area contributed by atoms with Gasteiger partial charge in [-0.3, -0.25) is 4.79 Å². The second-order valence-electron chi connectivity index (χ2n) is 5.51. The molecule has 0 aromatic heterocycles. The fourth-order valence-electron chi connectivity index (χ4n) is 2.51. The number of anilines is 1. The maximum atomic E-state index is 12.3. The Bertz CT molecular complexity index is 830. The van der Waals surface area contributed by atoms with E-state index in [2.05, 4.69) is 18.3 Å². The van der Waals surface area contributed by atoms with Gasteiger partial charge in [0.1, 0.15) is 0 Å². The molecule has 3 rings (SSSR count). The molecule has 1 N–H and O–H groups in total. The van der Waals surface area contributed by atoms with Crippen molar-refractivity contribution >= 4 is 23.4 Å². The van der Waals surface area contributed by atoms with Gasteiger partial charge in [-0.25, -0.2) is 0 Å². The average Bonchev–Trinajstić information content (AvgIpc) is 2.62. The number of amides is 1. The van der Waals surface area contributed by atoms with E-state index in [1.165, 1.54) is 5.56 Å². The molecular formula is C21H19NOS. The van der Waals surface area contributed by atoms with Gasteiger partial charge in [0, 0.05) is 16.1 Å². The maximum Gasteiger partial charge on any atom is 0.234 e. The highest BCUT2D eigenvalue weighted by Crippen LogP contribution is 2.28. The number of hydrogen-bond donors (Lipinski definition) is 1. The molecule has 0 aliphatic rings. The summed E-state index contributed by atoms with van der Waals surface area (Å²) in [5, 5.41) is 3.04. The predicted octanol–water partition coefficient (Wildman–Crippen LogP) is 5.39. The Hall–Kier alpha value is -2.52. The number of aryl methyl sites for hydroxylation is 1. The molecule has 3 heteroatoms.